The summed E-state index contributed by atoms with van der Waals surface area (Å²) >= 11 is 5.10. The lowest BCUT2D eigenvalue weighted by Crippen LogP contribution is -2.36. The van der Waals surface area contributed by atoms with Crippen LogP contribution in [0.5, 0.6) is 0 Å². The zero-order valence-corrected chi connectivity index (χ0v) is 14.7. The number of amides is 2. The molecular weight excluding hydrogens is 326 g/mol. The summed E-state index contributed by atoms with van der Waals surface area (Å²) in [5.74, 6) is -0.469. The van der Waals surface area contributed by atoms with Crippen LogP contribution in [0, 0.1) is 5.92 Å². The van der Waals surface area contributed by atoms with Gasteiger partial charge in [0.15, 0.2) is 5.11 Å². The highest BCUT2D eigenvalue weighted by Gasteiger charge is 2.17. The number of carbonyl (C=O) groups excluding carboxylic acids is 2. The van der Waals surface area contributed by atoms with Gasteiger partial charge in [-0.2, -0.15) is 0 Å². The average Bonchev–Trinajstić information content (AvgIpc) is 3.06. The fraction of sp³-hybridized carbons (Fsp3) is 0.471. The van der Waals surface area contributed by atoms with Crippen LogP contribution in [0.15, 0.2) is 24.3 Å². The minimum absolute atomic E-state index is 0.106. The summed E-state index contributed by atoms with van der Waals surface area (Å²) in [6.45, 7) is 4.85. The largest absolute Gasteiger partial charge is 0.376 e. The summed E-state index contributed by atoms with van der Waals surface area (Å²) < 4.78 is 5.49. The molecule has 6 nitrogen and oxygen atoms in total. The van der Waals surface area contributed by atoms with Gasteiger partial charge in [-0.3, -0.25) is 9.59 Å². The van der Waals surface area contributed by atoms with Crippen LogP contribution in [0.2, 0.25) is 0 Å². The monoisotopic (exact) mass is 349 g/mol. The highest BCUT2D eigenvalue weighted by Crippen LogP contribution is 2.13. The van der Waals surface area contributed by atoms with Crippen molar-refractivity contribution in [2.45, 2.75) is 32.8 Å². The highest BCUT2D eigenvalue weighted by molar-refractivity contribution is 7.80. The lowest BCUT2D eigenvalue weighted by atomic mass is 10.1. The van der Waals surface area contributed by atoms with E-state index in [9.17, 15) is 9.59 Å². The van der Waals surface area contributed by atoms with Gasteiger partial charge in [0.1, 0.15) is 0 Å². The molecule has 0 spiro atoms. The van der Waals surface area contributed by atoms with Crippen molar-refractivity contribution in [1.29, 1.82) is 0 Å². The number of anilines is 1. The quantitative estimate of drug-likeness (QED) is 0.709. The van der Waals surface area contributed by atoms with Crippen molar-refractivity contribution in [3.63, 3.8) is 0 Å². The van der Waals surface area contributed by atoms with Gasteiger partial charge in [0.2, 0.25) is 5.91 Å². The zero-order chi connectivity index (χ0) is 17.5. The van der Waals surface area contributed by atoms with Crippen LogP contribution in [-0.2, 0) is 9.53 Å². The Morgan fingerprint density at radius 1 is 1.38 bits per heavy atom. The summed E-state index contributed by atoms with van der Waals surface area (Å²) in [4.78, 5) is 23.8. The van der Waals surface area contributed by atoms with Crippen molar-refractivity contribution in [2.75, 3.05) is 18.5 Å². The second-order valence-electron chi connectivity index (χ2n) is 6.02. The summed E-state index contributed by atoms with van der Waals surface area (Å²) in [6, 6.07) is 6.96. The third kappa shape index (κ3) is 5.58. The molecule has 1 heterocycles. The van der Waals surface area contributed by atoms with Gasteiger partial charge in [0, 0.05) is 30.3 Å². The maximum atomic E-state index is 12.2. The number of carbonyl (C=O) groups is 2. The fourth-order valence-corrected chi connectivity index (χ4v) is 2.49. The Labute approximate surface area is 147 Å². The highest BCUT2D eigenvalue weighted by atomic mass is 32.1. The van der Waals surface area contributed by atoms with Crippen molar-refractivity contribution in [1.82, 2.24) is 10.6 Å². The Bertz CT molecular complexity index is 613. The summed E-state index contributed by atoms with van der Waals surface area (Å²) in [5.41, 5.74) is 1.17. The van der Waals surface area contributed by atoms with E-state index in [-0.39, 0.29) is 28.9 Å². The molecule has 1 aromatic rings. The number of thiocarbonyl (C=S) groups is 1. The molecule has 1 atom stereocenters. The smallest absolute Gasteiger partial charge is 0.251 e. The van der Waals surface area contributed by atoms with E-state index in [1.54, 1.807) is 38.1 Å². The molecule has 7 heteroatoms. The molecule has 0 bridgehead atoms. The first-order valence-electron chi connectivity index (χ1n) is 8.07. The van der Waals surface area contributed by atoms with Crippen molar-refractivity contribution < 1.29 is 14.3 Å². The van der Waals surface area contributed by atoms with Gasteiger partial charge in [-0.1, -0.05) is 19.9 Å². The minimum Gasteiger partial charge on any atom is -0.376 e. The molecule has 2 rings (SSSR count). The van der Waals surface area contributed by atoms with Crippen LogP contribution >= 0.6 is 12.2 Å². The van der Waals surface area contributed by atoms with E-state index in [1.807, 2.05) is 0 Å². The van der Waals surface area contributed by atoms with E-state index in [0.717, 1.165) is 19.4 Å². The number of hydrogen-bond acceptors (Lipinski definition) is 4. The minimum atomic E-state index is -0.161. The van der Waals surface area contributed by atoms with E-state index in [4.69, 9.17) is 17.0 Å². The average molecular weight is 349 g/mol. The first-order valence-corrected chi connectivity index (χ1v) is 8.48. The normalized spacial score (nSPS) is 16.7. The van der Waals surface area contributed by atoms with E-state index in [1.165, 1.54) is 0 Å². The zero-order valence-electron chi connectivity index (χ0n) is 13.9. The Morgan fingerprint density at radius 3 is 2.83 bits per heavy atom. The number of nitrogens with one attached hydrogen (secondary N) is 3. The van der Waals surface area contributed by atoms with Gasteiger partial charge in [-0.25, -0.2) is 0 Å². The standard InChI is InChI=1S/C17H23N3O3S/c1-11(2)15(21)20-17(24)19-13-6-3-5-12(9-13)16(22)18-10-14-7-4-8-23-14/h3,5-6,9,11,14H,4,7-8,10H2,1-2H3,(H,18,22)(H2,19,20,21,24). The molecule has 1 saturated heterocycles. The van der Waals surface area contributed by atoms with Crippen molar-refractivity contribution in [3.8, 4) is 0 Å². The molecule has 0 saturated carbocycles. The summed E-state index contributed by atoms with van der Waals surface area (Å²) in [5, 5.41) is 8.61. The van der Waals surface area contributed by atoms with Crippen LogP contribution in [0.1, 0.15) is 37.0 Å². The molecule has 3 N–H and O–H groups in total. The lowest BCUT2D eigenvalue weighted by Gasteiger charge is -2.13. The fourth-order valence-electron chi connectivity index (χ4n) is 2.27. The maximum absolute atomic E-state index is 12.2. The molecule has 0 aromatic heterocycles. The lowest BCUT2D eigenvalue weighted by molar-refractivity contribution is -0.122. The predicted octanol–water partition coefficient (Wildman–Crippen LogP) is 2.06. The molecule has 1 fully saturated rings. The van der Waals surface area contributed by atoms with Gasteiger partial charge in [-0.15, -0.1) is 0 Å². The molecule has 1 unspecified atom stereocenters. The molecule has 1 aliphatic heterocycles. The number of rotatable bonds is 5. The van der Waals surface area contributed by atoms with Crippen LogP contribution in [-0.4, -0.2) is 36.2 Å². The molecular formula is C17H23N3O3S. The van der Waals surface area contributed by atoms with Crippen LogP contribution in [0.3, 0.4) is 0 Å². The van der Waals surface area contributed by atoms with Crippen LogP contribution in [0.4, 0.5) is 5.69 Å². The van der Waals surface area contributed by atoms with Gasteiger partial charge in [0.05, 0.1) is 6.10 Å². The van der Waals surface area contributed by atoms with E-state index < -0.39 is 0 Å². The third-order valence-electron chi connectivity index (χ3n) is 3.66. The molecule has 1 aromatic carbocycles. The first-order chi connectivity index (χ1) is 11.5. The molecule has 2 amide bonds. The Morgan fingerprint density at radius 2 is 2.17 bits per heavy atom. The Balaban J connectivity index is 1.89. The van der Waals surface area contributed by atoms with Gasteiger partial charge < -0.3 is 20.7 Å². The van der Waals surface area contributed by atoms with E-state index >= 15 is 0 Å². The molecule has 24 heavy (non-hydrogen) atoms. The van der Waals surface area contributed by atoms with Gasteiger partial charge >= 0.3 is 0 Å². The van der Waals surface area contributed by atoms with Crippen molar-refractivity contribution >= 4 is 34.8 Å². The number of hydrogen-bond donors (Lipinski definition) is 3. The molecule has 0 aliphatic carbocycles. The van der Waals surface area contributed by atoms with Crippen molar-refractivity contribution in [2.24, 2.45) is 5.92 Å². The topological polar surface area (TPSA) is 79.5 Å². The van der Waals surface area contributed by atoms with Gasteiger partial charge in [0.25, 0.3) is 5.91 Å². The first kappa shape index (κ1) is 18.4. The maximum Gasteiger partial charge on any atom is 0.251 e. The van der Waals surface area contributed by atoms with Crippen LogP contribution in [0.25, 0.3) is 0 Å². The van der Waals surface area contributed by atoms with Gasteiger partial charge in [-0.05, 0) is 43.3 Å². The predicted molar refractivity (Wildman–Crippen MR) is 97.0 cm³/mol. The Kier molecular flexibility index (Phi) is 6.69. The number of benzene rings is 1. The van der Waals surface area contributed by atoms with E-state index in [2.05, 4.69) is 16.0 Å². The number of ether oxygens (including phenoxy) is 1. The molecule has 0 radical (unpaired) electrons. The van der Waals surface area contributed by atoms with E-state index in [0.29, 0.717) is 17.8 Å². The van der Waals surface area contributed by atoms with Crippen molar-refractivity contribution in [3.05, 3.63) is 29.8 Å². The second kappa shape index (κ2) is 8.75. The molecule has 1 aliphatic rings. The molecule has 130 valence electrons. The SMILES string of the molecule is CC(C)C(=O)NC(=S)Nc1cccc(C(=O)NCC2CCCO2)c1. The summed E-state index contributed by atoms with van der Waals surface area (Å²) in [6.07, 6.45) is 2.12. The van der Waals surface area contributed by atoms with Crippen LogP contribution < -0.4 is 16.0 Å². The summed E-state index contributed by atoms with van der Waals surface area (Å²) in [7, 11) is 0. The Hall–Kier alpha value is -1.99. The third-order valence-corrected chi connectivity index (χ3v) is 3.86. The second-order valence-corrected chi connectivity index (χ2v) is 6.43.